The van der Waals surface area contributed by atoms with Crippen molar-refractivity contribution in [3.05, 3.63) is 290 Å². The molecule has 0 aliphatic carbocycles. The number of aromatic nitrogens is 1. The highest BCUT2D eigenvalue weighted by molar-refractivity contribution is 7.26. The minimum absolute atomic E-state index is 0.0487. The van der Waals surface area contributed by atoms with Crippen molar-refractivity contribution in [3.8, 4) is 5.69 Å². The van der Waals surface area contributed by atoms with Crippen LogP contribution >= 0.6 is 11.3 Å². The molecule has 12 aromatic carbocycles. The van der Waals surface area contributed by atoms with Crippen LogP contribution < -0.4 is 36.0 Å². The first-order valence-corrected chi connectivity index (χ1v) is 31.2. The Hall–Kier alpha value is -10.1. The summed E-state index contributed by atoms with van der Waals surface area (Å²) in [6.45, 7) is 13.6. The lowest BCUT2D eigenvalue weighted by Gasteiger charge is -2.45. The Morgan fingerprint density at radius 1 is 0.333 bits per heavy atom. The van der Waals surface area contributed by atoms with E-state index in [2.05, 4.69) is 345 Å². The molecule has 0 saturated carbocycles. The van der Waals surface area contributed by atoms with Crippen molar-refractivity contribution < 1.29 is 0 Å². The fraction of sp³-hybridized carbons (Fsp3) is 0.100. The van der Waals surface area contributed by atoms with Gasteiger partial charge in [0, 0.05) is 78.0 Å². The Morgan fingerprint density at radius 3 is 1.22 bits per heavy atom. The van der Waals surface area contributed by atoms with Gasteiger partial charge in [0.05, 0.1) is 27.1 Å². The molecular weight excluding hydrogens is 1070 g/mol. The van der Waals surface area contributed by atoms with Gasteiger partial charge in [-0.2, -0.15) is 0 Å². The molecule has 2 aromatic heterocycles. The van der Waals surface area contributed by atoms with Gasteiger partial charge in [0.15, 0.2) is 0 Å². The number of thiophene rings is 1. The molecule has 5 nitrogen and oxygen atoms in total. The van der Waals surface area contributed by atoms with Crippen molar-refractivity contribution in [2.75, 3.05) is 19.6 Å². The van der Waals surface area contributed by atoms with E-state index in [4.69, 9.17) is 0 Å². The molecule has 0 unspecified atom stereocenters. The van der Waals surface area contributed by atoms with Crippen molar-refractivity contribution >= 4 is 145 Å². The van der Waals surface area contributed by atoms with E-state index in [1.54, 1.807) is 0 Å². The fourth-order valence-electron chi connectivity index (χ4n) is 13.9. The van der Waals surface area contributed by atoms with Crippen LogP contribution in [0.3, 0.4) is 0 Å². The van der Waals surface area contributed by atoms with Gasteiger partial charge < -0.3 is 24.2 Å². The number of benzene rings is 12. The van der Waals surface area contributed by atoms with Crippen molar-refractivity contribution in [1.82, 2.24) is 4.57 Å². The van der Waals surface area contributed by atoms with Crippen molar-refractivity contribution in [2.45, 2.75) is 52.4 Å². The van der Waals surface area contributed by atoms with Gasteiger partial charge in [-0.15, -0.1) is 11.3 Å². The van der Waals surface area contributed by atoms with E-state index >= 15 is 0 Å². The number of para-hydroxylation sites is 6. The number of hydrogen-bond acceptors (Lipinski definition) is 5. The van der Waals surface area contributed by atoms with E-state index in [9.17, 15) is 0 Å². The Balaban J connectivity index is 1.09. The average Bonchev–Trinajstić information content (AvgIpc) is 1.71. The van der Waals surface area contributed by atoms with E-state index in [1.165, 1.54) is 75.2 Å². The Morgan fingerprint density at radius 2 is 0.736 bits per heavy atom. The molecule has 0 fully saturated rings. The summed E-state index contributed by atoms with van der Waals surface area (Å²) in [6, 6.07) is 104. The summed E-state index contributed by atoms with van der Waals surface area (Å²) < 4.78 is 5.09. The molecular formula is C80H64BN5S. The molecule has 87 heavy (non-hydrogen) atoms. The molecule has 7 heteroatoms. The SMILES string of the molecule is CC(C)(C)c1ccc(N2c3cc(N(c4ccccc4)c4ccccc4)ccc3B3c4c2cc(N(c2ccccc2)c2ccccc2)cc4N(c2ccc(C(C)(C)C)cc2)c2cc(-n4c5ccccc5c5ccccc54)c4sc5ccccc5c4c23)cc1. The number of nitrogens with zero attached hydrogens (tertiary/aromatic N) is 5. The zero-order valence-electron chi connectivity index (χ0n) is 49.8. The molecule has 4 heterocycles. The molecule has 14 aromatic rings. The highest BCUT2D eigenvalue weighted by Gasteiger charge is 2.46. The largest absolute Gasteiger partial charge is 0.311 e. The predicted molar refractivity (Wildman–Crippen MR) is 374 cm³/mol. The number of hydrogen-bond donors (Lipinski definition) is 0. The molecule has 16 rings (SSSR count). The second kappa shape index (κ2) is 20.3. The Labute approximate surface area is 514 Å². The molecule has 2 aliphatic rings. The minimum Gasteiger partial charge on any atom is -0.311 e. The van der Waals surface area contributed by atoms with Crippen LogP contribution in [0.5, 0.6) is 0 Å². The van der Waals surface area contributed by atoms with Gasteiger partial charge in [-0.1, -0.05) is 199 Å². The summed E-state index contributed by atoms with van der Waals surface area (Å²) in [6.07, 6.45) is 0. The third-order valence-corrected chi connectivity index (χ3v) is 19.2. The maximum absolute atomic E-state index is 2.63. The molecule has 0 spiro atoms. The lowest BCUT2D eigenvalue weighted by atomic mass is 9.33. The molecule has 0 bridgehead atoms. The quantitative estimate of drug-likeness (QED) is 0.134. The summed E-state index contributed by atoms with van der Waals surface area (Å²) in [5, 5.41) is 5.03. The predicted octanol–water partition coefficient (Wildman–Crippen LogP) is 20.8. The van der Waals surface area contributed by atoms with Gasteiger partial charge in [-0.25, -0.2) is 0 Å². The standard InChI is InChI=1S/C80H64BN5S/c1-79(2,3)53-39-43-59(44-40-53)84-69-49-61(82(55-25-11-7-12-26-55)56-27-13-8-14-28-56)47-48-66(69)81-76-70(84)50-62(83(57-29-15-9-16-30-57)58-31-17-10-18-32-58)51-71(76)85(60-45-41-54(42-46-60)80(4,5)6)72-52-73(78-75(77(72)81)65-35-21-24-38-74(65)87-78)86-67-36-22-19-33-63(67)64-34-20-23-37-68(64)86/h7-52H,1-6H3. The molecule has 0 radical (unpaired) electrons. The first-order valence-electron chi connectivity index (χ1n) is 30.4. The molecule has 0 saturated heterocycles. The molecule has 0 atom stereocenters. The summed E-state index contributed by atoms with van der Waals surface area (Å²) >= 11 is 1.92. The van der Waals surface area contributed by atoms with Crippen molar-refractivity contribution in [1.29, 1.82) is 0 Å². The lowest BCUT2D eigenvalue weighted by Crippen LogP contribution is -2.61. The van der Waals surface area contributed by atoms with Crippen molar-refractivity contribution in [3.63, 3.8) is 0 Å². The van der Waals surface area contributed by atoms with Crippen LogP contribution in [0.2, 0.25) is 0 Å². The second-order valence-electron chi connectivity index (χ2n) is 25.4. The third kappa shape index (κ3) is 8.58. The second-order valence-corrected chi connectivity index (χ2v) is 26.4. The fourth-order valence-corrected chi connectivity index (χ4v) is 15.2. The van der Waals surface area contributed by atoms with Crippen LogP contribution in [0.15, 0.2) is 279 Å². The zero-order valence-corrected chi connectivity index (χ0v) is 50.6. The van der Waals surface area contributed by atoms with Crippen LogP contribution in [-0.2, 0) is 10.8 Å². The number of fused-ring (bicyclic) bond motifs is 11. The number of rotatable bonds is 9. The van der Waals surface area contributed by atoms with Gasteiger partial charge in [0.2, 0.25) is 0 Å². The highest BCUT2D eigenvalue weighted by atomic mass is 32.1. The van der Waals surface area contributed by atoms with Crippen LogP contribution in [0.4, 0.5) is 68.2 Å². The molecule has 0 N–H and O–H groups in total. The summed E-state index contributed by atoms with van der Waals surface area (Å²) in [5.41, 5.74) is 23.0. The maximum atomic E-state index is 2.63. The molecule has 418 valence electrons. The molecule has 2 aliphatic heterocycles. The Kier molecular flexibility index (Phi) is 12.2. The topological polar surface area (TPSA) is 17.9 Å². The first-order chi connectivity index (χ1) is 42.5. The summed E-state index contributed by atoms with van der Waals surface area (Å²) in [7, 11) is 0. The average molecular weight is 1140 g/mol. The van der Waals surface area contributed by atoms with E-state index in [0.717, 1.165) is 68.2 Å². The van der Waals surface area contributed by atoms with E-state index in [1.807, 2.05) is 11.3 Å². The minimum atomic E-state index is -0.213. The van der Waals surface area contributed by atoms with Gasteiger partial charge in [-0.3, -0.25) is 0 Å². The van der Waals surface area contributed by atoms with E-state index in [0.29, 0.717) is 0 Å². The van der Waals surface area contributed by atoms with Gasteiger partial charge in [0.1, 0.15) is 0 Å². The van der Waals surface area contributed by atoms with Crippen LogP contribution in [0.1, 0.15) is 52.7 Å². The smallest absolute Gasteiger partial charge is 0.253 e. The highest BCUT2D eigenvalue weighted by Crippen LogP contribution is 2.53. The van der Waals surface area contributed by atoms with Gasteiger partial charge in [-0.05, 0) is 170 Å². The number of anilines is 12. The monoisotopic (exact) mass is 1140 g/mol. The van der Waals surface area contributed by atoms with Crippen LogP contribution in [0, 0.1) is 0 Å². The Bertz CT molecular complexity index is 4810. The maximum Gasteiger partial charge on any atom is 0.253 e. The van der Waals surface area contributed by atoms with E-state index in [-0.39, 0.29) is 17.5 Å². The first kappa shape index (κ1) is 52.5. The normalized spacial score (nSPS) is 12.9. The van der Waals surface area contributed by atoms with Crippen LogP contribution in [-0.4, -0.2) is 11.3 Å². The third-order valence-electron chi connectivity index (χ3n) is 18.0. The van der Waals surface area contributed by atoms with Gasteiger partial charge in [0.25, 0.3) is 6.71 Å². The summed E-state index contributed by atoms with van der Waals surface area (Å²) in [5.74, 6) is 0. The molecule has 0 amide bonds. The lowest BCUT2D eigenvalue weighted by molar-refractivity contribution is 0.590. The van der Waals surface area contributed by atoms with Gasteiger partial charge >= 0.3 is 0 Å². The van der Waals surface area contributed by atoms with Crippen LogP contribution in [0.25, 0.3) is 47.7 Å². The van der Waals surface area contributed by atoms with Crippen molar-refractivity contribution in [2.24, 2.45) is 0 Å². The zero-order chi connectivity index (χ0) is 58.7. The summed E-state index contributed by atoms with van der Waals surface area (Å²) in [4.78, 5) is 10.1. The van der Waals surface area contributed by atoms with E-state index < -0.39 is 0 Å².